The third-order valence-electron chi connectivity index (χ3n) is 3.21. The molecule has 0 amide bonds. The summed E-state index contributed by atoms with van der Waals surface area (Å²) in [5.41, 5.74) is 2.36. The van der Waals surface area contributed by atoms with E-state index in [1.165, 1.54) is 0 Å². The highest BCUT2D eigenvalue weighted by Crippen LogP contribution is 2.34. The van der Waals surface area contributed by atoms with E-state index in [1.807, 2.05) is 30.3 Å². The second-order valence-corrected chi connectivity index (χ2v) is 5.03. The summed E-state index contributed by atoms with van der Waals surface area (Å²) in [6, 6.07) is 12.6. The fraction of sp³-hybridized carbons (Fsp3) is 0.200. The average Bonchev–Trinajstić information content (AvgIpc) is 2.53. The molecule has 2 aromatic carbocycles. The van der Waals surface area contributed by atoms with Crippen LogP contribution in [-0.4, -0.2) is 19.1 Å². The monoisotopic (exact) mass is 350 g/mol. The Hall–Kier alpha value is -2.08. The molecule has 0 fully saturated rings. The zero-order valence-corrected chi connectivity index (χ0v) is 13.3. The van der Waals surface area contributed by atoms with Gasteiger partial charge < -0.3 is 9.64 Å². The molecule has 0 spiro atoms. The van der Waals surface area contributed by atoms with Gasteiger partial charge in [-0.1, -0.05) is 22.0 Å². The largest absolute Gasteiger partial charge is 0.497 e. The van der Waals surface area contributed by atoms with E-state index in [2.05, 4.69) is 15.9 Å². The number of anilines is 2. The number of ether oxygens (including phenoxy) is 1. The fourth-order valence-electron chi connectivity index (χ4n) is 2.03. The van der Waals surface area contributed by atoms with Crippen LogP contribution in [0.25, 0.3) is 0 Å². The molecule has 5 nitrogen and oxygen atoms in total. The number of alkyl halides is 1. The van der Waals surface area contributed by atoms with Crippen molar-refractivity contribution in [2.24, 2.45) is 0 Å². The topological polar surface area (TPSA) is 55.6 Å². The molecule has 0 atom stereocenters. The Bertz CT molecular complexity index is 644. The van der Waals surface area contributed by atoms with Crippen molar-refractivity contribution in [1.82, 2.24) is 0 Å². The summed E-state index contributed by atoms with van der Waals surface area (Å²) in [5, 5.41) is 11.9. The van der Waals surface area contributed by atoms with E-state index in [1.54, 1.807) is 31.2 Å². The molecule has 2 rings (SSSR count). The zero-order chi connectivity index (χ0) is 15.4. The molecular weight excluding hydrogens is 336 g/mol. The van der Waals surface area contributed by atoms with Crippen LogP contribution in [0.15, 0.2) is 42.5 Å². The van der Waals surface area contributed by atoms with Gasteiger partial charge in [-0.15, -0.1) is 0 Å². The van der Waals surface area contributed by atoms with Gasteiger partial charge in [-0.25, -0.2) is 0 Å². The molecule has 6 heteroatoms. The molecule has 2 aromatic rings. The van der Waals surface area contributed by atoms with Crippen LogP contribution >= 0.6 is 15.9 Å². The number of hydrogen-bond donors (Lipinski definition) is 0. The molecule has 21 heavy (non-hydrogen) atoms. The third kappa shape index (κ3) is 3.33. The van der Waals surface area contributed by atoms with Crippen LogP contribution in [0.5, 0.6) is 5.75 Å². The molecule has 0 aliphatic carbocycles. The molecule has 110 valence electrons. The van der Waals surface area contributed by atoms with Crippen LogP contribution in [0.3, 0.4) is 0 Å². The standard InChI is InChI=1S/C15H15BrN2O3/c1-17(12-4-6-13(21-2)7-5-12)14-8-3-11(10-16)9-15(14)18(19)20/h3-9H,10H2,1-2H3. The summed E-state index contributed by atoms with van der Waals surface area (Å²) in [5.74, 6) is 0.747. The van der Waals surface area contributed by atoms with Crippen LogP contribution < -0.4 is 9.64 Å². The number of halogens is 1. The van der Waals surface area contributed by atoms with Crippen molar-refractivity contribution in [1.29, 1.82) is 0 Å². The van der Waals surface area contributed by atoms with Gasteiger partial charge in [0.25, 0.3) is 5.69 Å². The molecule has 0 aromatic heterocycles. The first kappa shape index (κ1) is 15.3. The lowest BCUT2D eigenvalue weighted by Gasteiger charge is -2.20. The molecular formula is C15H15BrN2O3. The minimum Gasteiger partial charge on any atom is -0.497 e. The predicted octanol–water partition coefficient (Wildman–Crippen LogP) is 4.27. The van der Waals surface area contributed by atoms with Crippen LogP contribution in [0.2, 0.25) is 0 Å². The van der Waals surface area contributed by atoms with Gasteiger partial charge in [-0.2, -0.15) is 0 Å². The minimum atomic E-state index is -0.360. The Kier molecular flexibility index (Phi) is 4.80. The quantitative estimate of drug-likeness (QED) is 0.459. The highest BCUT2D eigenvalue weighted by atomic mass is 79.9. The normalized spacial score (nSPS) is 10.2. The Labute approximate surface area is 131 Å². The van der Waals surface area contributed by atoms with E-state index in [4.69, 9.17) is 4.74 Å². The van der Waals surface area contributed by atoms with E-state index < -0.39 is 0 Å². The van der Waals surface area contributed by atoms with Gasteiger partial charge in [0.15, 0.2) is 0 Å². The first-order chi connectivity index (χ1) is 10.1. The van der Waals surface area contributed by atoms with Crippen LogP contribution in [0.4, 0.5) is 17.1 Å². The maximum Gasteiger partial charge on any atom is 0.293 e. The third-order valence-corrected chi connectivity index (χ3v) is 3.86. The Morgan fingerprint density at radius 2 is 1.90 bits per heavy atom. The predicted molar refractivity (Wildman–Crippen MR) is 86.8 cm³/mol. The van der Waals surface area contributed by atoms with E-state index in [0.29, 0.717) is 11.0 Å². The van der Waals surface area contributed by atoms with E-state index >= 15 is 0 Å². The number of benzene rings is 2. The highest BCUT2D eigenvalue weighted by molar-refractivity contribution is 9.08. The maximum absolute atomic E-state index is 11.3. The van der Waals surface area contributed by atoms with Crippen molar-refractivity contribution in [3.63, 3.8) is 0 Å². The summed E-state index contributed by atoms with van der Waals surface area (Å²) in [6.07, 6.45) is 0. The lowest BCUT2D eigenvalue weighted by molar-refractivity contribution is -0.384. The summed E-state index contributed by atoms with van der Waals surface area (Å²) in [6.45, 7) is 0. The van der Waals surface area contributed by atoms with Crippen LogP contribution in [0.1, 0.15) is 5.56 Å². The van der Waals surface area contributed by atoms with Crippen molar-refractivity contribution in [2.45, 2.75) is 5.33 Å². The molecule has 0 bridgehead atoms. The van der Waals surface area contributed by atoms with Crippen molar-refractivity contribution in [2.75, 3.05) is 19.1 Å². The summed E-state index contributed by atoms with van der Waals surface area (Å²) in [4.78, 5) is 12.7. The first-order valence-electron chi connectivity index (χ1n) is 6.28. The van der Waals surface area contributed by atoms with Gasteiger partial charge in [0, 0.05) is 24.1 Å². The van der Waals surface area contributed by atoms with E-state index in [0.717, 1.165) is 17.0 Å². The zero-order valence-electron chi connectivity index (χ0n) is 11.7. The van der Waals surface area contributed by atoms with Gasteiger partial charge in [-0.05, 0) is 35.9 Å². The lowest BCUT2D eigenvalue weighted by atomic mass is 10.1. The van der Waals surface area contributed by atoms with Gasteiger partial charge in [-0.3, -0.25) is 10.1 Å². The second kappa shape index (κ2) is 6.58. The van der Waals surface area contributed by atoms with E-state index in [9.17, 15) is 10.1 Å². The van der Waals surface area contributed by atoms with Gasteiger partial charge in [0.2, 0.25) is 0 Å². The second-order valence-electron chi connectivity index (χ2n) is 4.47. The van der Waals surface area contributed by atoms with Gasteiger partial charge in [0.05, 0.1) is 12.0 Å². The van der Waals surface area contributed by atoms with Crippen molar-refractivity contribution in [3.8, 4) is 5.75 Å². The van der Waals surface area contributed by atoms with Crippen molar-refractivity contribution < 1.29 is 9.66 Å². The molecule has 0 saturated heterocycles. The van der Waals surface area contributed by atoms with Gasteiger partial charge >= 0.3 is 0 Å². The number of nitro groups is 1. The number of nitrogens with zero attached hydrogens (tertiary/aromatic N) is 2. The molecule has 0 aliphatic heterocycles. The summed E-state index contributed by atoms with van der Waals surface area (Å²) < 4.78 is 5.11. The number of methoxy groups -OCH3 is 1. The smallest absolute Gasteiger partial charge is 0.293 e. The molecule has 0 heterocycles. The van der Waals surface area contributed by atoms with Crippen molar-refractivity contribution >= 4 is 33.0 Å². The SMILES string of the molecule is COc1ccc(N(C)c2ccc(CBr)cc2[N+](=O)[O-])cc1. The molecule has 0 radical (unpaired) electrons. The molecule has 0 N–H and O–H groups in total. The Morgan fingerprint density at radius 3 is 2.43 bits per heavy atom. The molecule has 0 saturated carbocycles. The maximum atomic E-state index is 11.3. The summed E-state index contributed by atoms with van der Waals surface area (Å²) in [7, 11) is 3.40. The lowest BCUT2D eigenvalue weighted by Crippen LogP contribution is -2.11. The molecule has 0 unspecified atom stereocenters. The van der Waals surface area contributed by atoms with Crippen molar-refractivity contribution in [3.05, 3.63) is 58.1 Å². The average molecular weight is 351 g/mol. The van der Waals surface area contributed by atoms with E-state index in [-0.39, 0.29) is 10.6 Å². The number of nitro benzene ring substituents is 1. The Morgan fingerprint density at radius 1 is 1.24 bits per heavy atom. The number of hydrogen-bond acceptors (Lipinski definition) is 4. The highest BCUT2D eigenvalue weighted by Gasteiger charge is 2.18. The first-order valence-corrected chi connectivity index (χ1v) is 7.40. The minimum absolute atomic E-state index is 0.0882. The molecule has 0 aliphatic rings. The van der Waals surface area contributed by atoms with Gasteiger partial charge in [0.1, 0.15) is 11.4 Å². The van der Waals surface area contributed by atoms with Crippen LogP contribution in [-0.2, 0) is 5.33 Å². The summed E-state index contributed by atoms with van der Waals surface area (Å²) >= 11 is 3.31. The van der Waals surface area contributed by atoms with Crippen LogP contribution in [0, 0.1) is 10.1 Å². The Balaban J connectivity index is 2.41. The number of rotatable bonds is 5. The fourth-order valence-corrected chi connectivity index (χ4v) is 2.38.